The largest absolute Gasteiger partial charge is 0.456 e. The molecular formula is C49H31N3OS. The Bertz CT molecular complexity index is 3270. The minimum atomic E-state index is 0.666. The van der Waals surface area contributed by atoms with E-state index in [1.165, 1.54) is 32.3 Å². The van der Waals surface area contributed by atoms with Gasteiger partial charge in [0.2, 0.25) is 0 Å². The Morgan fingerprint density at radius 2 is 1.35 bits per heavy atom. The number of allylic oxidation sites excluding steroid dienone is 1. The maximum Gasteiger partial charge on any atom is 0.161 e. The van der Waals surface area contributed by atoms with Gasteiger partial charge in [-0.1, -0.05) is 128 Å². The highest BCUT2D eigenvalue weighted by Crippen LogP contribution is 2.44. The zero-order chi connectivity index (χ0) is 35.9. The third-order valence-electron chi connectivity index (χ3n) is 10.7. The molecule has 4 nitrogen and oxygen atoms in total. The van der Waals surface area contributed by atoms with Crippen LogP contribution in [0.15, 0.2) is 157 Å². The molecule has 0 unspecified atom stereocenters. The van der Waals surface area contributed by atoms with Crippen molar-refractivity contribution in [3.05, 3.63) is 163 Å². The number of hydrogen-bond acceptors (Lipinski definition) is 4. The molecule has 0 N–H and O–H groups in total. The molecule has 54 heavy (non-hydrogen) atoms. The molecule has 0 amide bonds. The van der Waals surface area contributed by atoms with Crippen LogP contribution in [-0.4, -0.2) is 14.5 Å². The normalized spacial score (nSPS) is 12.2. The minimum absolute atomic E-state index is 0.666. The molecule has 0 saturated carbocycles. The van der Waals surface area contributed by atoms with Gasteiger partial charge >= 0.3 is 0 Å². The van der Waals surface area contributed by atoms with Crippen LogP contribution in [0.2, 0.25) is 0 Å². The van der Waals surface area contributed by atoms with Crippen molar-refractivity contribution in [3.8, 4) is 28.3 Å². The van der Waals surface area contributed by atoms with Gasteiger partial charge < -0.3 is 8.98 Å². The second-order valence-electron chi connectivity index (χ2n) is 13.7. The predicted molar refractivity (Wildman–Crippen MR) is 230 cm³/mol. The van der Waals surface area contributed by atoms with Gasteiger partial charge in [0.15, 0.2) is 5.82 Å². The van der Waals surface area contributed by atoms with Crippen LogP contribution in [0.3, 0.4) is 0 Å². The number of benzene rings is 7. The molecule has 11 rings (SSSR count). The van der Waals surface area contributed by atoms with Crippen molar-refractivity contribution in [1.82, 2.24) is 14.5 Å². The molecule has 7 aromatic carbocycles. The van der Waals surface area contributed by atoms with E-state index in [1.54, 1.807) is 11.3 Å². The fraction of sp³-hybridized carbons (Fsp3) is 0.0204. The number of fused-ring (bicyclic) bond motifs is 11. The number of nitrogens with zero attached hydrogens (tertiary/aromatic N) is 3. The predicted octanol–water partition coefficient (Wildman–Crippen LogP) is 14.0. The number of aromatic nitrogens is 3. The summed E-state index contributed by atoms with van der Waals surface area (Å²) in [6, 6.07) is 49.5. The lowest BCUT2D eigenvalue weighted by Crippen LogP contribution is -1.95. The van der Waals surface area contributed by atoms with Gasteiger partial charge in [0.25, 0.3) is 0 Å². The lowest BCUT2D eigenvalue weighted by atomic mass is 10.00. The molecule has 254 valence electrons. The van der Waals surface area contributed by atoms with Crippen molar-refractivity contribution in [2.75, 3.05) is 0 Å². The van der Waals surface area contributed by atoms with E-state index in [1.807, 2.05) is 31.2 Å². The first kappa shape index (κ1) is 30.8. The quantitative estimate of drug-likeness (QED) is 0.179. The summed E-state index contributed by atoms with van der Waals surface area (Å²) < 4.78 is 10.1. The molecule has 0 atom stereocenters. The van der Waals surface area contributed by atoms with E-state index in [4.69, 9.17) is 14.4 Å². The zero-order valence-corrected chi connectivity index (χ0v) is 30.2. The average molecular weight is 710 g/mol. The van der Waals surface area contributed by atoms with Crippen LogP contribution >= 0.6 is 11.3 Å². The minimum Gasteiger partial charge on any atom is -0.456 e. The van der Waals surface area contributed by atoms with Gasteiger partial charge in [-0.25, -0.2) is 9.97 Å². The number of furan rings is 1. The number of thiophene rings is 1. The molecule has 5 heteroatoms. The smallest absolute Gasteiger partial charge is 0.161 e. The average Bonchev–Trinajstić information content (AvgIpc) is 3.90. The van der Waals surface area contributed by atoms with Gasteiger partial charge in [-0.05, 0) is 58.8 Å². The lowest BCUT2D eigenvalue weighted by molar-refractivity contribution is 0.668. The third-order valence-corrected chi connectivity index (χ3v) is 11.9. The van der Waals surface area contributed by atoms with E-state index in [-0.39, 0.29) is 0 Å². The Balaban J connectivity index is 1.17. The van der Waals surface area contributed by atoms with E-state index >= 15 is 0 Å². The molecule has 0 bridgehead atoms. The highest BCUT2D eigenvalue weighted by Gasteiger charge is 2.22. The molecular weight excluding hydrogens is 679 g/mol. The summed E-state index contributed by atoms with van der Waals surface area (Å²) in [5.41, 5.74) is 9.88. The van der Waals surface area contributed by atoms with E-state index < -0.39 is 0 Å². The van der Waals surface area contributed by atoms with Gasteiger partial charge in [0, 0.05) is 54.9 Å². The van der Waals surface area contributed by atoms with Gasteiger partial charge in [-0.2, -0.15) is 0 Å². The van der Waals surface area contributed by atoms with Crippen LogP contribution in [-0.2, 0) is 0 Å². The van der Waals surface area contributed by atoms with Crippen molar-refractivity contribution < 1.29 is 4.42 Å². The Kier molecular flexibility index (Phi) is 6.75. The van der Waals surface area contributed by atoms with Crippen molar-refractivity contribution in [1.29, 1.82) is 0 Å². The lowest BCUT2D eigenvalue weighted by Gasteiger charge is -2.09. The van der Waals surface area contributed by atoms with Crippen LogP contribution in [0.4, 0.5) is 0 Å². The molecule has 0 fully saturated rings. The Hall–Kier alpha value is -6.82. The van der Waals surface area contributed by atoms with Crippen molar-refractivity contribution in [2.24, 2.45) is 0 Å². The van der Waals surface area contributed by atoms with Crippen molar-refractivity contribution in [2.45, 2.75) is 6.92 Å². The molecule has 0 aliphatic rings. The van der Waals surface area contributed by atoms with Gasteiger partial charge in [-0.15, -0.1) is 11.3 Å². The van der Waals surface area contributed by atoms with Gasteiger partial charge in [0.1, 0.15) is 11.2 Å². The number of hydrogen-bond donors (Lipinski definition) is 0. The summed E-state index contributed by atoms with van der Waals surface area (Å²) in [6.07, 6.45) is 6.10. The standard InChI is InChI=1S/C49H31N3OS/c1-3-13-36-42(4-2)54-48-46(31-16-6-5-7-17-31)50-49(51-47(36)48)37-20-12-21-40-43(37)35-25-24-32(28-41(35)53-40)52-38-26-22-29-14-8-10-18-33(29)44(38)45-34-19-11-9-15-30(34)23-27-39(45)52/h3-28H,2H2,1H3/b13-3-. The van der Waals surface area contributed by atoms with Crippen molar-refractivity contribution in [3.63, 3.8) is 0 Å². The Labute approximate surface area is 314 Å². The maximum atomic E-state index is 6.71. The topological polar surface area (TPSA) is 43.9 Å². The van der Waals surface area contributed by atoms with E-state index in [2.05, 4.69) is 145 Å². The third kappa shape index (κ3) is 4.42. The summed E-state index contributed by atoms with van der Waals surface area (Å²) in [4.78, 5) is 11.7. The van der Waals surface area contributed by atoms with Crippen LogP contribution in [0, 0.1) is 0 Å². The Morgan fingerprint density at radius 3 is 2.06 bits per heavy atom. The van der Waals surface area contributed by atoms with Crippen LogP contribution in [0.5, 0.6) is 0 Å². The van der Waals surface area contributed by atoms with Gasteiger partial charge in [0.05, 0.1) is 26.9 Å². The SMILES string of the molecule is C=Cc1sc2c(-c3ccccc3)nc(-c3cccc4oc5cc(-n6c7ccc8ccccc8c7c7c8ccccc8ccc76)ccc5c34)nc2c1/C=C\C. The highest BCUT2D eigenvalue weighted by molar-refractivity contribution is 7.20. The van der Waals surface area contributed by atoms with Crippen LogP contribution in [0.1, 0.15) is 17.4 Å². The molecule has 0 saturated heterocycles. The van der Waals surface area contributed by atoms with Crippen LogP contribution in [0.25, 0.3) is 116 Å². The maximum absolute atomic E-state index is 6.71. The summed E-state index contributed by atoms with van der Waals surface area (Å²) in [6.45, 7) is 6.15. The van der Waals surface area contributed by atoms with Crippen molar-refractivity contribution >= 4 is 99.0 Å². The highest BCUT2D eigenvalue weighted by atomic mass is 32.1. The molecule has 4 heterocycles. The Morgan fingerprint density at radius 1 is 0.648 bits per heavy atom. The molecule has 0 spiro atoms. The summed E-state index contributed by atoms with van der Waals surface area (Å²) in [5, 5.41) is 9.51. The molecule has 0 aliphatic heterocycles. The second kappa shape index (κ2) is 11.9. The fourth-order valence-corrected chi connectivity index (χ4v) is 9.46. The van der Waals surface area contributed by atoms with Gasteiger partial charge in [-0.3, -0.25) is 0 Å². The molecule has 11 aromatic rings. The fourth-order valence-electron chi connectivity index (χ4n) is 8.37. The molecule has 4 aromatic heterocycles. The summed E-state index contributed by atoms with van der Waals surface area (Å²) >= 11 is 1.68. The van der Waals surface area contributed by atoms with E-state index in [0.717, 1.165) is 76.1 Å². The molecule has 0 aliphatic carbocycles. The second-order valence-corrected chi connectivity index (χ2v) is 14.7. The van der Waals surface area contributed by atoms with Crippen LogP contribution < -0.4 is 0 Å². The monoisotopic (exact) mass is 709 g/mol. The first-order valence-corrected chi connectivity index (χ1v) is 19.0. The number of rotatable bonds is 5. The first-order valence-electron chi connectivity index (χ1n) is 18.1. The molecule has 0 radical (unpaired) electrons. The summed E-state index contributed by atoms with van der Waals surface area (Å²) in [7, 11) is 0. The zero-order valence-electron chi connectivity index (χ0n) is 29.4. The van der Waals surface area contributed by atoms with E-state index in [0.29, 0.717) is 5.82 Å². The van der Waals surface area contributed by atoms with E-state index in [9.17, 15) is 0 Å². The first-order chi connectivity index (χ1) is 26.7. The summed E-state index contributed by atoms with van der Waals surface area (Å²) in [5.74, 6) is 0.666.